The molecule has 1 N–H and O–H groups in total. The lowest BCUT2D eigenvalue weighted by Gasteiger charge is -2.05. The van der Waals surface area contributed by atoms with Crippen molar-refractivity contribution in [3.63, 3.8) is 0 Å². The third-order valence-electron chi connectivity index (χ3n) is 3.45. The van der Waals surface area contributed by atoms with E-state index in [9.17, 15) is 8.42 Å². The Kier molecular flexibility index (Phi) is 3.95. The standard InChI is InChI=1S/C14H11N7O2S2/c22-25(23,13-3-1-2-12-14(13)19-24-18-12)16-8-10-9-21(20-17-10)11-4-6-15-7-5-11/h1-7,9,16H,8H2. The van der Waals surface area contributed by atoms with Crippen molar-refractivity contribution >= 4 is 32.8 Å². The number of pyridine rings is 1. The summed E-state index contributed by atoms with van der Waals surface area (Å²) >= 11 is 0.976. The Morgan fingerprint density at radius 1 is 1.12 bits per heavy atom. The number of fused-ring (bicyclic) bond motifs is 1. The van der Waals surface area contributed by atoms with Crippen molar-refractivity contribution < 1.29 is 8.42 Å². The number of benzene rings is 1. The molecule has 0 atom stereocenters. The lowest BCUT2D eigenvalue weighted by atomic mass is 10.3. The predicted octanol–water partition coefficient (Wildman–Crippen LogP) is 1.15. The molecule has 0 fully saturated rings. The van der Waals surface area contributed by atoms with Gasteiger partial charge in [0.1, 0.15) is 15.9 Å². The summed E-state index contributed by atoms with van der Waals surface area (Å²) in [5.41, 5.74) is 2.19. The summed E-state index contributed by atoms with van der Waals surface area (Å²) < 4.78 is 37.3. The Balaban J connectivity index is 1.55. The van der Waals surface area contributed by atoms with Crippen molar-refractivity contribution in [2.24, 2.45) is 0 Å². The molecule has 0 aliphatic carbocycles. The van der Waals surface area contributed by atoms with E-state index in [1.807, 2.05) is 0 Å². The van der Waals surface area contributed by atoms with Gasteiger partial charge in [-0.1, -0.05) is 11.3 Å². The fraction of sp³-hybridized carbons (Fsp3) is 0.0714. The van der Waals surface area contributed by atoms with Gasteiger partial charge in [0, 0.05) is 12.4 Å². The van der Waals surface area contributed by atoms with Crippen LogP contribution in [0.2, 0.25) is 0 Å². The average Bonchev–Trinajstić information content (AvgIpc) is 3.29. The zero-order chi connectivity index (χ0) is 17.3. The molecular weight excluding hydrogens is 362 g/mol. The second kappa shape index (κ2) is 6.27. The maximum Gasteiger partial charge on any atom is 0.243 e. The Bertz CT molecular complexity index is 1120. The number of hydrogen-bond acceptors (Lipinski definition) is 8. The van der Waals surface area contributed by atoms with Crippen molar-refractivity contribution in [3.05, 3.63) is 54.6 Å². The van der Waals surface area contributed by atoms with Crippen LogP contribution in [0.25, 0.3) is 16.7 Å². The van der Waals surface area contributed by atoms with Crippen molar-refractivity contribution in [2.45, 2.75) is 11.4 Å². The maximum absolute atomic E-state index is 12.6. The van der Waals surface area contributed by atoms with Gasteiger partial charge in [0.05, 0.1) is 35.9 Å². The fourth-order valence-corrected chi connectivity index (χ4v) is 4.01. The number of nitrogens with zero attached hydrogens (tertiary/aromatic N) is 6. The van der Waals surface area contributed by atoms with Gasteiger partial charge >= 0.3 is 0 Å². The zero-order valence-corrected chi connectivity index (χ0v) is 14.3. The number of hydrogen-bond donors (Lipinski definition) is 1. The lowest BCUT2D eigenvalue weighted by molar-refractivity contribution is 0.581. The van der Waals surface area contributed by atoms with Gasteiger partial charge in [0.25, 0.3) is 0 Å². The molecule has 0 bridgehead atoms. The summed E-state index contributed by atoms with van der Waals surface area (Å²) in [4.78, 5) is 4.03. The summed E-state index contributed by atoms with van der Waals surface area (Å²) in [5.74, 6) is 0. The molecule has 11 heteroatoms. The van der Waals surface area contributed by atoms with Crippen LogP contribution in [0.4, 0.5) is 0 Å². The van der Waals surface area contributed by atoms with Crippen LogP contribution in [0.5, 0.6) is 0 Å². The fourth-order valence-electron chi connectivity index (χ4n) is 2.25. The maximum atomic E-state index is 12.6. The highest BCUT2D eigenvalue weighted by Crippen LogP contribution is 2.21. The van der Waals surface area contributed by atoms with Crippen LogP contribution in [-0.4, -0.2) is 37.1 Å². The lowest BCUT2D eigenvalue weighted by Crippen LogP contribution is -2.23. The van der Waals surface area contributed by atoms with E-state index in [1.165, 1.54) is 6.07 Å². The molecule has 4 rings (SSSR count). The average molecular weight is 373 g/mol. The monoisotopic (exact) mass is 373 g/mol. The van der Waals surface area contributed by atoms with Crippen LogP contribution in [-0.2, 0) is 16.6 Å². The highest BCUT2D eigenvalue weighted by atomic mass is 32.2. The second-order valence-electron chi connectivity index (χ2n) is 5.07. The first-order valence-corrected chi connectivity index (χ1v) is 9.37. The first kappa shape index (κ1) is 15.7. The molecule has 9 nitrogen and oxygen atoms in total. The molecule has 1 aromatic carbocycles. The quantitative estimate of drug-likeness (QED) is 0.558. The smallest absolute Gasteiger partial charge is 0.243 e. The van der Waals surface area contributed by atoms with Crippen LogP contribution < -0.4 is 4.72 Å². The molecule has 126 valence electrons. The van der Waals surface area contributed by atoms with E-state index in [0.29, 0.717) is 16.7 Å². The molecule has 3 heterocycles. The van der Waals surface area contributed by atoms with Crippen LogP contribution in [0.1, 0.15) is 5.69 Å². The molecular formula is C14H11N7O2S2. The van der Waals surface area contributed by atoms with Gasteiger partial charge in [0.15, 0.2) is 0 Å². The van der Waals surface area contributed by atoms with E-state index in [1.54, 1.807) is 47.5 Å². The Morgan fingerprint density at radius 2 is 1.96 bits per heavy atom. The summed E-state index contributed by atoms with van der Waals surface area (Å²) in [6, 6.07) is 8.41. The summed E-state index contributed by atoms with van der Waals surface area (Å²) in [6.07, 6.45) is 4.94. The van der Waals surface area contributed by atoms with Crippen molar-refractivity contribution in [2.75, 3.05) is 0 Å². The SMILES string of the molecule is O=S(=O)(NCc1cn(-c2ccncc2)nn1)c1cccc2nsnc12. The summed E-state index contributed by atoms with van der Waals surface area (Å²) in [5, 5.41) is 7.97. The van der Waals surface area contributed by atoms with Crippen LogP contribution >= 0.6 is 11.7 Å². The van der Waals surface area contributed by atoms with Crippen LogP contribution in [0, 0.1) is 0 Å². The van der Waals surface area contributed by atoms with E-state index >= 15 is 0 Å². The van der Waals surface area contributed by atoms with Gasteiger partial charge < -0.3 is 0 Å². The highest BCUT2D eigenvalue weighted by molar-refractivity contribution is 7.89. The van der Waals surface area contributed by atoms with E-state index < -0.39 is 10.0 Å². The van der Waals surface area contributed by atoms with Crippen molar-refractivity contribution in [1.29, 1.82) is 0 Å². The third kappa shape index (κ3) is 3.12. The van der Waals surface area contributed by atoms with Gasteiger partial charge in [-0.3, -0.25) is 4.98 Å². The van der Waals surface area contributed by atoms with E-state index in [4.69, 9.17) is 0 Å². The summed E-state index contributed by atoms with van der Waals surface area (Å²) in [7, 11) is -3.74. The Hall–Kier alpha value is -2.76. The van der Waals surface area contributed by atoms with E-state index in [0.717, 1.165) is 17.4 Å². The molecule has 25 heavy (non-hydrogen) atoms. The molecule has 0 spiro atoms. The van der Waals surface area contributed by atoms with Gasteiger partial charge in [-0.15, -0.1) is 5.10 Å². The minimum atomic E-state index is -3.74. The largest absolute Gasteiger partial charge is 0.265 e. The van der Waals surface area contributed by atoms with Crippen molar-refractivity contribution in [3.8, 4) is 5.69 Å². The number of sulfonamides is 1. The third-order valence-corrected chi connectivity index (χ3v) is 5.43. The highest BCUT2D eigenvalue weighted by Gasteiger charge is 2.19. The molecule has 0 amide bonds. The Labute approximate surface area is 146 Å². The normalized spacial score (nSPS) is 11.8. The van der Waals surface area contributed by atoms with Gasteiger partial charge in [0.2, 0.25) is 10.0 Å². The van der Waals surface area contributed by atoms with Crippen molar-refractivity contribution in [1.82, 2.24) is 33.4 Å². The molecule has 0 aliphatic heterocycles. The zero-order valence-electron chi connectivity index (χ0n) is 12.6. The number of rotatable bonds is 5. The molecule has 0 saturated carbocycles. The molecule has 0 radical (unpaired) electrons. The molecule has 0 saturated heterocycles. The molecule has 3 aromatic heterocycles. The van der Waals surface area contributed by atoms with Gasteiger partial charge in [-0.25, -0.2) is 17.8 Å². The van der Waals surface area contributed by atoms with E-state index in [-0.39, 0.29) is 11.4 Å². The Morgan fingerprint density at radius 3 is 2.80 bits per heavy atom. The topological polar surface area (TPSA) is 116 Å². The number of aromatic nitrogens is 6. The second-order valence-corrected chi connectivity index (χ2v) is 7.34. The first-order chi connectivity index (χ1) is 12.1. The minimum Gasteiger partial charge on any atom is -0.265 e. The number of nitrogens with one attached hydrogen (secondary N) is 1. The minimum absolute atomic E-state index is 0.0152. The van der Waals surface area contributed by atoms with Gasteiger partial charge in [-0.2, -0.15) is 8.75 Å². The predicted molar refractivity (Wildman–Crippen MR) is 90.6 cm³/mol. The van der Waals surface area contributed by atoms with Crippen LogP contribution in [0.15, 0.2) is 53.8 Å². The summed E-state index contributed by atoms with van der Waals surface area (Å²) in [6.45, 7) is 0.0152. The van der Waals surface area contributed by atoms with Gasteiger partial charge in [-0.05, 0) is 24.3 Å². The van der Waals surface area contributed by atoms with E-state index in [2.05, 4.69) is 28.8 Å². The molecule has 0 unspecified atom stereocenters. The molecule has 0 aliphatic rings. The first-order valence-electron chi connectivity index (χ1n) is 7.16. The molecule has 4 aromatic rings. The van der Waals surface area contributed by atoms with Crippen LogP contribution in [0.3, 0.4) is 0 Å².